The fraction of sp³-hybridized carbons (Fsp3) is 1.00. The lowest BCUT2D eigenvalue weighted by atomic mass is 9.76. The van der Waals surface area contributed by atoms with E-state index in [1.807, 2.05) is 11.9 Å². The van der Waals surface area contributed by atoms with Crippen molar-refractivity contribution in [2.24, 2.45) is 17.3 Å². The molecule has 2 fully saturated rings. The molecule has 2 rings (SSSR count). The second kappa shape index (κ2) is 5.30. The van der Waals surface area contributed by atoms with Gasteiger partial charge in [0.1, 0.15) is 0 Å². The summed E-state index contributed by atoms with van der Waals surface area (Å²) in [6, 6.07) is 0. The summed E-state index contributed by atoms with van der Waals surface area (Å²) in [5.41, 5.74) is 0.756. The van der Waals surface area contributed by atoms with Crippen LogP contribution in [0.4, 0.5) is 0 Å². The lowest BCUT2D eigenvalue weighted by Gasteiger charge is -2.38. The first-order chi connectivity index (χ1) is 7.63. The Hall–Kier alpha value is 0.310. The standard InChI is InChI=1S/C14H27NS/c1-12(2)10-13-4-5-14(11-13)6-8-15(16-3)9-7-14/h12-13H,4-11H2,1-3H3. The molecule has 0 aromatic carbocycles. The molecule has 1 saturated heterocycles. The van der Waals surface area contributed by atoms with Crippen LogP contribution in [0.25, 0.3) is 0 Å². The Morgan fingerprint density at radius 3 is 2.50 bits per heavy atom. The van der Waals surface area contributed by atoms with Crippen LogP contribution in [0, 0.1) is 17.3 Å². The number of nitrogens with zero attached hydrogens (tertiary/aromatic N) is 1. The van der Waals surface area contributed by atoms with E-state index in [-0.39, 0.29) is 0 Å². The predicted octanol–water partition coefficient (Wildman–Crippen LogP) is 4.19. The van der Waals surface area contributed by atoms with Crippen molar-refractivity contribution in [1.82, 2.24) is 4.31 Å². The molecule has 1 spiro atoms. The van der Waals surface area contributed by atoms with Crippen molar-refractivity contribution < 1.29 is 0 Å². The summed E-state index contributed by atoms with van der Waals surface area (Å²) >= 11 is 1.93. The molecule has 1 aliphatic heterocycles. The first kappa shape index (κ1) is 12.8. The van der Waals surface area contributed by atoms with Crippen molar-refractivity contribution in [1.29, 1.82) is 0 Å². The highest BCUT2D eigenvalue weighted by Gasteiger charge is 2.40. The molecule has 0 aromatic rings. The minimum absolute atomic E-state index is 0.756. The molecule has 16 heavy (non-hydrogen) atoms. The highest BCUT2D eigenvalue weighted by atomic mass is 32.2. The van der Waals surface area contributed by atoms with Crippen molar-refractivity contribution in [2.45, 2.75) is 52.4 Å². The van der Waals surface area contributed by atoms with E-state index in [1.165, 1.54) is 51.6 Å². The minimum Gasteiger partial charge on any atom is -0.251 e. The van der Waals surface area contributed by atoms with Crippen LogP contribution in [-0.2, 0) is 0 Å². The molecule has 1 saturated carbocycles. The van der Waals surface area contributed by atoms with Crippen molar-refractivity contribution in [3.05, 3.63) is 0 Å². The molecule has 0 N–H and O–H groups in total. The predicted molar refractivity (Wildman–Crippen MR) is 73.6 cm³/mol. The second-order valence-corrected chi connectivity index (χ2v) is 7.23. The van der Waals surface area contributed by atoms with Crippen LogP contribution >= 0.6 is 11.9 Å². The second-order valence-electron chi connectivity index (χ2n) is 6.35. The summed E-state index contributed by atoms with van der Waals surface area (Å²) in [7, 11) is 0. The Morgan fingerprint density at radius 1 is 1.25 bits per heavy atom. The van der Waals surface area contributed by atoms with Gasteiger partial charge in [-0.3, -0.25) is 4.31 Å². The number of piperidine rings is 1. The smallest absolute Gasteiger partial charge is 0.00945 e. The molecule has 0 amide bonds. The zero-order valence-corrected chi connectivity index (χ0v) is 12.0. The van der Waals surface area contributed by atoms with E-state index in [0.717, 1.165) is 17.3 Å². The Morgan fingerprint density at radius 2 is 1.94 bits per heavy atom. The zero-order valence-electron chi connectivity index (χ0n) is 11.2. The van der Waals surface area contributed by atoms with Crippen LogP contribution in [-0.4, -0.2) is 23.7 Å². The molecule has 94 valence electrons. The average molecular weight is 241 g/mol. The van der Waals surface area contributed by atoms with Crippen molar-refractivity contribution in [3.63, 3.8) is 0 Å². The molecule has 1 aliphatic carbocycles. The largest absolute Gasteiger partial charge is 0.251 e. The van der Waals surface area contributed by atoms with Gasteiger partial charge in [-0.2, -0.15) is 0 Å². The van der Waals surface area contributed by atoms with E-state index in [1.54, 1.807) is 0 Å². The average Bonchev–Trinajstić information content (AvgIpc) is 2.62. The summed E-state index contributed by atoms with van der Waals surface area (Å²) in [6.45, 7) is 7.41. The van der Waals surface area contributed by atoms with Gasteiger partial charge in [0.05, 0.1) is 0 Å². The van der Waals surface area contributed by atoms with Gasteiger partial charge in [0, 0.05) is 13.1 Å². The van der Waals surface area contributed by atoms with Crippen LogP contribution in [0.15, 0.2) is 0 Å². The number of rotatable bonds is 3. The molecule has 1 heterocycles. The van der Waals surface area contributed by atoms with Crippen LogP contribution in [0.3, 0.4) is 0 Å². The van der Waals surface area contributed by atoms with E-state index >= 15 is 0 Å². The third-order valence-electron chi connectivity index (χ3n) is 4.65. The van der Waals surface area contributed by atoms with Crippen LogP contribution in [0.2, 0.25) is 0 Å². The summed E-state index contributed by atoms with van der Waals surface area (Å²) in [6.07, 6.45) is 11.2. The first-order valence-corrected chi connectivity index (χ1v) is 8.11. The van der Waals surface area contributed by atoms with Gasteiger partial charge in [-0.1, -0.05) is 25.8 Å². The monoisotopic (exact) mass is 241 g/mol. The minimum atomic E-state index is 0.756. The topological polar surface area (TPSA) is 3.24 Å². The molecule has 1 atom stereocenters. The van der Waals surface area contributed by atoms with Gasteiger partial charge in [-0.05, 0) is 62.0 Å². The maximum Gasteiger partial charge on any atom is 0.00945 e. The van der Waals surface area contributed by atoms with Gasteiger partial charge < -0.3 is 0 Å². The SMILES string of the molecule is CSN1CCC2(CCC(CC(C)C)C2)CC1. The normalized spacial score (nSPS) is 30.4. The van der Waals surface area contributed by atoms with E-state index < -0.39 is 0 Å². The van der Waals surface area contributed by atoms with Gasteiger partial charge in [0.2, 0.25) is 0 Å². The van der Waals surface area contributed by atoms with E-state index in [9.17, 15) is 0 Å². The Kier molecular flexibility index (Phi) is 4.23. The Bertz CT molecular complexity index is 219. The zero-order chi connectivity index (χ0) is 11.6. The first-order valence-electron chi connectivity index (χ1n) is 6.93. The van der Waals surface area contributed by atoms with Gasteiger partial charge >= 0.3 is 0 Å². The molecule has 2 heteroatoms. The van der Waals surface area contributed by atoms with Crippen LogP contribution in [0.5, 0.6) is 0 Å². The quantitative estimate of drug-likeness (QED) is 0.682. The molecular weight excluding hydrogens is 214 g/mol. The Labute approximate surface area is 105 Å². The highest BCUT2D eigenvalue weighted by molar-refractivity contribution is 7.96. The van der Waals surface area contributed by atoms with Gasteiger partial charge in [-0.15, -0.1) is 0 Å². The van der Waals surface area contributed by atoms with Gasteiger partial charge in [-0.25, -0.2) is 0 Å². The van der Waals surface area contributed by atoms with Crippen molar-refractivity contribution in [3.8, 4) is 0 Å². The number of hydrogen-bond donors (Lipinski definition) is 0. The van der Waals surface area contributed by atoms with E-state index in [4.69, 9.17) is 0 Å². The maximum absolute atomic E-state index is 2.54. The van der Waals surface area contributed by atoms with Gasteiger partial charge in [0.25, 0.3) is 0 Å². The van der Waals surface area contributed by atoms with E-state index in [2.05, 4.69) is 24.4 Å². The molecular formula is C14H27NS. The maximum atomic E-state index is 2.54. The summed E-state index contributed by atoms with van der Waals surface area (Å²) < 4.78 is 2.54. The molecule has 1 unspecified atom stereocenters. The summed E-state index contributed by atoms with van der Waals surface area (Å²) in [5.74, 6) is 1.94. The molecule has 0 aromatic heterocycles. The Balaban J connectivity index is 1.83. The fourth-order valence-electron chi connectivity index (χ4n) is 3.79. The lowest BCUT2D eigenvalue weighted by molar-refractivity contribution is 0.159. The van der Waals surface area contributed by atoms with Gasteiger partial charge in [0.15, 0.2) is 0 Å². The third kappa shape index (κ3) is 2.95. The summed E-state index contributed by atoms with van der Waals surface area (Å²) in [5, 5.41) is 0. The third-order valence-corrected chi connectivity index (χ3v) is 5.53. The highest BCUT2D eigenvalue weighted by Crippen LogP contribution is 2.50. The lowest BCUT2D eigenvalue weighted by Crippen LogP contribution is -2.35. The van der Waals surface area contributed by atoms with E-state index in [0.29, 0.717) is 0 Å². The summed E-state index contributed by atoms with van der Waals surface area (Å²) in [4.78, 5) is 0. The number of hydrogen-bond acceptors (Lipinski definition) is 2. The molecule has 1 nitrogen and oxygen atoms in total. The van der Waals surface area contributed by atoms with Crippen LogP contribution in [0.1, 0.15) is 52.4 Å². The molecule has 0 bridgehead atoms. The van der Waals surface area contributed by atoms with Crippen molar-refractivity contribution in [2.75, 3.05) is 19.3 Å². The van der Waals surface area contributed by atoms with Crippen molar-refractivity contribution >= 4 is 11.9 Å². The fourth-order valence-corrected chi connectivity index (χ4v) is 4.34. The molecule has 0 radical (unpaired) electrons. The van der Waals surface area contributed by atoms with Crippen LogP contribution < -0.4 is 0 Å². The molecule has 2 aliphatic rings.